The van der Waals surface area contributed by atoms with Gasteiger partial charge in [0.05, 0.1) is 0 Å². The van der Waals surface area contributed by atoms with Crippen molar-refractivity contribution in [3.05, 3.63) is 0 Å². The minimum atomic E-state index is -0.185. The summed E-state index contributed by atoms with van der Waals surface area (Å²) in [5, 5.41) is 17.6. The molecular weight excluding hydrogens is 171 g/mol. The second-order valence-electron chi connectivity index (χ2n) is 0.834. The van der Waals surface area contributed by atoms with Crippen LogP contribution in [0.1, 0.15) is 0 Å². The van der Waals surface area contributed by atoms with E-state index in [0.29, 0.717) is 0 Å². The summed E-state index contributed by atoms with van der Waals surface area (Å²) in [6.07, 6.45) is 2.90. The summed E-state index contributed by atoms with van der Waals surface area (Å²) in [4.78, 5) is 2.98. The molecule has 0 spiro atoms. The van der Waals surface area contributed by atoms with E-state index in [9.17, 15) is 0 Å². The normalized spacial score (nSPS) is 8.00. The van der Waals surface area contributed by atoms with Crippen molar-refractivity contribution in [1.82, 2.24) is 5.32 Å². The first-order chi connectivity index (χ1) is 3.81. The van der Waals surface area contributed by atoms with Gasteiger partial charge >= 0.3 is 19.5 Å². The van der Waals surface area contributed by atoms with E-state index in [1.165, 1.54) is 12.4 Å². The minimum absolute atomic E-state index is 0. The van der Waals surface area contributed by atoms with E-state index in [4.69, 9.17) is 16.3 Å². The van der Waals surface area contributed by atoms with Crippen LogP contribution >= 0.6 is 0 Å². The van der Waals surface area contributed by atoms with Crippen molar-refractivity contribution in [3.63, 3.8) is 0 Å². The van der Waals surface area contributed by atoms with E-state index in [0.717, 1.165) is 0 Å². The van der Waals surface area contributed by atoms with Crippen LogP contribution in [0.15, 0.2) is 4.99 Å². The largest absolute Gasteiger partial charge is 2.00 e. The zero-order chi connectivity index (χ0) is 6.41. The summed E-state index contributed by atoms with van der Waals surface area (Å²) < 4.78 is 0. The smallest absolute Gasteiger partial charge is 0.368 e. The van der Waals surface area contributed by atoms with Crippen molar-refractivity contribution in [1.29, 1.82) is 10.5 Å². The Morgan fingerprint density at radius 2 is 2.11 bits per heavy atom. The second-order valence-corrected chi connectivity index (χ2v) is 0.834. The molecule has 40 valence electrons. The number of nitrogens with zero attached hydrogens (tertiary/aromatic N) is 3. The summed E-state index contributed by atoms with van der Waals surface area (Å²) in [5.74, 6) is -0.185. The van der Waals surface area contributed by atoms with Crippen LogP contribution < -0.4 is 11.1 Å². The zero-order valence-corrected chi connectivity index (χ0v) is 7.59. The van der Waals surface area contributed by atoms with Crippen molar-refractivity contribution in [2.24, 2.45) is 10.7 Å². The molecule has 9 heavy (non-hydrogen) atoms. The van der Waals surface area contributed by atoms with Crippen LogP contribution in [0.5, 0.6) is 0 Å². The Bertz CT molecular complexity index is 172. The molecule has 0 aliphatic rings. The Labute approximate surface area is 64.9 Å². The molecule has 0 atom stereocenters. The molecule has 0 aliphatic carbocycles. The van der Waals surface area contributed by atoms with Gasteiger partial charge in [-0.15, -0.1) is 4.99 Å². The second kappa shape index (κ2) is 6.87. The fourth-order valence-electron chi connectivity index (χ4n) is 0.139. The fraction of sp³-hybridized carbons (Fsp3) is 0. The van der Waals surface area contributed by atoms with Gasteiger partial charge in [-0.3, -0.25) is 5.32 Å². The van der Waals surface area contributed by atoms with Gasteiger partial charge in [0.2, 0.25) is 12.2 Å². The number of nitrogens with one attached hydrogen (secondary N) is 1. The van der Waals surface area contributed by atoms with Crippen LogP contribution in [0.2, 0.25) is 0 Å². The zero-order valence-electron chi connectivity index (χ0n) is 4.63. The standard InChI is InChI=1S/C3H3N5.Zn/c4-1-7-3(6)8-2-5;/h(H3,6,7,8);/q;+2. The maximum Gasteiger partial charge on any atom is 2.00 e. The molecule has 0 unspecified atom stereocenters. The van der Waals surface area contributed by atoms with E-state index >= 15 is 0 Å². The number of nitrogens with two attached hydrogens (primary N) is 1. The number of rotatable bonds is 0. The van der Waals surface area contributed by atoms with E-state index in [2.05, 4.69) is 4.99 Å². The molecule has 0 aromatic carbocycles. The third-order valence-electron chi connectivity index (χ3n) is 0.354. The average Bonchev–Trinajstić information content (AvgIpc) is 1.68. The van der Waals surface area contributed by atoms with Gasteiger partial charge in [-0.1, -0.05) is 0 Å². The van der Waals surface area contributed by atoms with Crippen LogP contribution in [0.3, 0.4) is 0 Å². The number of nitriles is 2. The summed E-state index contributed by atoms with van der Waals surface area (Å²) in [6.45, 7) is 0. The third-order valence-corrected chi connectivity index (χ3v) is 0.354. The van der Waals surface area contributed by atoms with E-state index in [1.807, 2.05) is 5.32 Å². The summed E-state index contributed by atoms with van der Waals surface area (Å²) in [7, 11) is 0. The molecule has 5 nitrogen and oxygen atoms in total. The van der Waals surface area contributed by atoms with Crippen molar-refractivity contribution in [2.75, 3.05) is 0 Å². The van der Waals surface area contributed by atoms with E-state index < -0.39 is 0 Å². The molecule has 0 amide bonds. The Morgan fingerprint density at radius 3 is 2.44 bits per heavy atom. The first kappa shape index (κ1) is 10.8. The molecular formula is C3H3N5Zn+2. The Balaban J connectivity index is 0. The molecule has 0 saturated carbocycles. The van der Waals surface area contributed by atoms with Gasteiger partial charge in [0.1, 0.15) is 0 Å². The number of aliphatic imine (C=N–C) groups is 1. The van der Waals surface area contributed by atoms with Gasteiger partial charge in [-0.2, -0.15) is 10.5 Å². The summed E-state index contributed by atoms with van der Waals surface area (Å²) >= 11 is 0. The monoisotopic (exact) mass is 173 g/mol. The minimum Gasteiger partial charge on any atom is -0.368 e. The molecule has 0 heterocycles. The first-order valence-corrected chi connectivity index (χ1v) is 1.68. The van der Waals surface area contributed by atoms with Crippen LogP contribution in [0, 0.1) is 22.9 Å². The molecule has 0 fully saturated rings. The Hall–Kier alpha value is -1.13. The van der Waals surface area contributed by atoms with Crippen molar-refractivity contribution < 1.29 is 19.5 Å². The number of hydrogen-bond acceptors (Lipinski definition) is 3. The third kappa shape index (κ3) is 6.87. The van der Waals surface area contributed by atoms with Gasteiger partial charge in [-0.05, 0) is 0 Å². The van der Waals surface area contributed by atoms with Crippen LogP contribution in [0.4, 0.5) is 0 Å². The molecule has 0 rings (SSSR count). The van der Waals surface area contributed by atoms with Gasteiger partial charge < -0.3 is 5.73 Å². The number of guanidine groups is 1. The SMILES string of the molecule is N#CN=C(N)NC#N.[Zn+2]. The predicted molar refractivity (Wildman–Crippen MR) is 26.0 cm³/mol. The number of hydrogen-bond donors (Lipinski definition) is 2. The Morgan fingerprint density at radius 1 is 1.56 bits per heavy atom. The van der Waals surface area contributed by atoms with Crippen LogP contribution in [-0.4, -0.2) is 5.96 Å². The first-order valence-electron chi connectivity index (χ1n) is 1.68. The van der Waals surface area contributed by atoms with Gasteiger partial charge in [0.25, 0.3) is 0 Å². The molecule has 6 heteroatoms. The Kier molecular flexibility index (Phi) is 8.23. The topological polar surface area (TPSA) is 98.0 Å². The average molecular weight is 174 g/mol. The maximum atomic E-state index is 7.83. The molecule has 0 aromatic heterocycles. The van der Waals surface area contributed by atoms with Crippen LogP contribution in [0.25, 0.3) is 0 Å². The molecule has 0 aliphatic heterocycles. The van der Waals surface area contributed by atoms with Gasteiger partial charge in [-0.25, -0.2) is 0 Å². The maximum absolute atomic E-state index is 7.83. The molecule has 0 radical (unpaired) electrons. The molecule has 0 aromatic rings. The van der Waals surface area contributed by atoms with Crippen molar-refractivity contribution >= 4 is 5.96 Å². The van der Waals surface area contributed by atoms with Gasteiger partial charge in [0, 0.05) is 0 Å². The molecule has 3 N–H and O–H groups in total. The molecule has 0 saturated heterocycles. The van der Waals surface area contributed by atoms with E-state index in [-0.39, 0.29) is 25.4 Å². The predicted octanol–water partition coefficient (Wildman–Crippen LogP) is -1.15. The van der Waals surface area contributed by atoms with Crippen molar-refractivity contribution in [3.8, 4) is 12.4 Å². The quantitative estimate of drug-likeness (QED) is 0.159. The summed E-state index contributed by atoms with van der Waals surface area (Å²) in [6, 6.07) is 0. The summed E-state index contributed by atoms with van der Waals surface area (Å²) in [5.41, 5.74) is 4.89. The fourth-order valence-corrected chi connectivity index (χ4v) is 0.139. The van der Waals surface area contributed by atoms with Crippen LogP contribution in [-0.2, 0) is 19.5 Å². The van der Waals surface area contributed by atoms with E-state index in [1.54, 1.807) is 0 Å². The van der Waals surface area contributed by atoms with Gasteiger partial charge in [0.15, 0.2) is 6.19 Å². The van der Waals surface area contributed by atoms with Crippen molar-refractivity contribution in [2.45, 2.75) is 0 Å². The molecule has 0 bridgehead atoms.